The summed E-state index contributed by atoms with van der Waals surface area (Å²) in [6, 6.07) is 3.39. The van der Waals surface area contributed by atoms with Gasteiger partial charge in [-0.25, -0.2) is 4.79 Å². The fraction of sp³-hybridized carbons (Fsp3) is 0.407. The van der Waals surface area contributed by atoms with Crippen molar-refractivity contribution in [3.8, 4) is 0 Å². The maximum absolute atomic E-state index is 12.7. The third-order valence-electron chi connectivity index (χ3n) is 5.93. The van der Waals surface area contributed by atoms with Crippen LogP contribution in [-0.4, -0.2) is 120 Å². The molecule has 21 heteroatoms. The highest BCUT2D eigenvalue weighted by Crippen LogP contribution is 2.05. The van der Waals surface area contributed by atoms with E-state index in [1.807, 2.05) is 0 Å². The van der Waals surface area contributed by atoms with E-state index >= 15 is 0 Å². The largest absolute Gasteiger partial charge is 0.481 e. The van der Waals surface area contributed by atoms with E-state index in [1.54, 1.807) is 30.3 Å². The molecule has 0 aromatic heterocycles. The molecule has 0 bridgehead atoms. The third kappa shape index (κ3) is 16.8. The van der Waals surface area contributed by atoms with Crippen molar-refractivity contribution in [3.05, 3.63) is 35.9 Å². The number of aliphatic carboxylic acids is 2. The van der Waals surface area contributed by atoms with Crippen LogP contribution in [0, 0.1) is 0 Å². The number of nitrogens with two attached hydrogens (primary N) is 2. The quantitative estimate of drug-likeness (QED) is 0.0576. The summed E-state index contributed by atoms with van der Waals surface area (Å²) in [5.74, 6) is -10.4. The number of primary amides is 1. The third-order valence-corrected chi connectivity index (χ3v) is 5.93. The predicted octanol–water partition coefficient (Wildman–Crippen LogP) is -6.46. The molecule has 262 valence electrons. The first-order valence-corrected chi connectivity index (χ1v) is 14.0. The van der Waals surface area contributed by atoms with Crippen molar-refractivity contribution in [2.45, 2.75) is 37.4 Å². The van der Waals surface area contributed by atoms with Crippen LogP contribution < -0.4 is 48.7 Å². The molecule has 0 saturated heterocycles. The molecule has 0 heterocycles. The van der Waals surface area contributed by atoms with Crippen molar-refractivity contribution in [2.75, 3.05) is 32.7 Å². The van der Waals surface area contributed by atoms with E-state index in [1.165, 1.54) is 0 Å². The maximum Gasteiger partial charge on any atom is 0.326 e. The van der Waals surface area contributed by atoms with Gasteiger partial charge in [0.05, 0.1) is 45.6 Å². The van der Waals surface area contributed by atoms with Gasteiger partial charge in [-0.1, -0.05) is 30.3 Å². The van der Waals surface area contributed by atoms with E-state index in [-0.39, 0.29) is 13.0 Å². The number of carbonyl (C=O) groups is 10. The molecule has 0 aliphatic rings. The Morgan fingerprint density at radius 3 is 1.54 bits per heavy atom. The van der Waals surface area contributed by atoms with Crippen molar-refractivity contribution in [1.82, 2.24) is 37.2 Å². The molecule has 48 heavy (non-hydrogen) atoms. The number of nitrogens with one attached hydrogen (secondary N) is 7. The Hall–Kier alpha value is -6.12. The number of carbonyl (C=O) groups excluding carboxylic acids is 8. The zero-order valence-corrected chi connectivity index (χ0v) is 25.4. The van der Waals surface area contributed by atoms with Gasteiger partial charge in [-0.15, -0.1) is 0 Å². The summed E-state index contributed by atoms with van der Waals surface area (Å²) < 4.78 is 0. The van der Waals surface area contributed by atoms with Gasteiger partial charge >= 0.3 is 11.9 Å². The summed E-state index contributed by atoms with van der Waals surface area (Å²) in [5.41, 5.74) is 10.8. The summed E-state index contributed by atoms with van der Waals surface area (Å²) in [4.78, 5) is 119. The molecule has 0 saturated carbocycles. The van der Waals surface area contributed by atoms with Gasteiger partial charge in [0.15, 0.2) is 0 Å². The molecule has 0 fully saturated rings. The molecule has 0 aliphatic carbocycles. The number of benzene rings is 1. The minimum absolute atomic E-state index is 0.143. The van der Waals surface area contributed by atoms with Crippen molar-refractivity contribution in [1.29, 1.82) is 0 Å². The molecule has 1 rings (SSSR count). The lowest BCUT2D eigenvalue weighted by atomic mass is 10.1. The Morgan fingerprint density at radius 2 is 1.06 bits per heavy atom. The predicted molar refractivity (Wildman–Crippen MR) is 161 cm³/mol. The van der Waals surface area contributed by atoms with Crippen LogP contribution in [0.25, 0.3) is 0 Å². The lowest BCUT2D eigenvalue weighted by Gasteiger charge is -2.21. The zero-order valence-electron chi connectivity index (χ0n) is 25.4. The van der Waals surface area contributed by atoms with Crippen LogP contribution in [0.1, 0.15) is 18.4 Å². The summed E-state index contributed by atoms with van der Waals surface area (Å²) >= 11 is 0. The SMILES string of the molecule is NCC(=O)NCC(=O)NCC(=O)NCC(=O)NC(CC(N)=O)C(=O)NCC(=O)NC(CC(=O)O)C(=O)NC(Cc1ccccc1)C(=O)O. The fourth-order valence-electron chi connectivity index (χ4n) is 3.63. The van der Waals surface area contributed by atoms with Gasteiger partial charge in [-0.3, -0.25) is 43.2 Å². The fourth-order valence-corrected chi connectivity index (χ4v) is 3.63. The number of hydrogen-bond acceptors (Lipinski definition) is 11. The molecule has 8 amide bonds. The zero-order chi connectivity index (χ0) is 36.2. The molecular weight excluding hydrogens is 642 g/mol. The Bertz CT molecular complexity index is 1370. The maximum atomic E-state index is 12.7. The van der Waals surface area contributed by atoms with Gasteiger partial charge < -0.3 is 58.9 Å². The molecule has 1 aromatic rings. The van der Waals surface area contributed by atoms with Crippen LogP contribution in [0.3, 0.4) is 0 Å². The lowest BCUT2D eigenvalue weighted by Crippen LogP contribution is -2.55. The molecule has 0 radical (unpaired) electrons. The average molecular weight is 680 g/mol. The van der Waals surface area contributed by atoms with Gasteiger partial charge in [-0.2, -0.15) is 0 Å². The van der Waals surface area contributed by atoms with Gasteiger partial charge in [0.25, 0.3) is 0 Å². The van der Waals surface area contributed by atoms with E-state index in [4.69, 9.17) is 11.5 Å². The van der Waals surface area contributed by atoms with Crippen molar-refractivity contribution >= 4 is 59.2 Å². The van der Waals surface area contributed by atoms with Crippen molar-refractivity contribution in [3.63, 3.8) is 0 Å². The van der Waals surface area contributed by atoms with Crippen LogP contribution in [0.2, 0.25) is 0 Å². The first-order chi connectivity index (χ1) is 22.6. The van der Waals surface area contributed by atoms with Gasteiger partial charge in [0.2, 0.25) is 47.3 Å². The van der Waals surface area contributed by atoms with Crippen LogP contribution in [0.15, 0.2) is 30.3 Å². The molecule has 13 N–H and O–H groups in total. The Kier molecular flexibility index (Phi) is 17.3. The number of hydrogen-bond donors (Lipinski definition) is 11. The van der Waals surface area contributed by atoms with Crippen molar-refractivity contribution < 1.29 is 58.2 Å². The Morgan fingerprint density at radius 1 is 0.583 bits per heavy atom. The van der Waals surface area contributed by atoms with E-state index < -0.39 is 116 Å². The normalized spacial score (nSPS) is 12.1. The second-order valence-electron chi connectivity index (χ2n) is 9.85. The van der Waals surface area contributed by atoms with E-state index in [9.17, 15) is 58.2 Å². The lowest BCUT2D eigenvalue weighted by molar-refractivity contribution is -0.143. The minimum Gasteiger partial charge on any atom is -0.481 e. The molecule has 0 spiro atoms. The van der Waals surface area contributed by atoms with E-state index in [0.29, 0.717) is 5.56 Å². The first kappa shape index (κ1) is 39.9. The van der Waals surface area contributed by atoms with Crippen molar-refractivity contribution in [2.24, 2.45) is 11.5 Å². The minimum atomic E-state index is -1.75. The highest BCUT2D eigenvalue weighted by atomic mass is 16.4. The van der Waals surface area contributed by atoms with Crippen LogP contribution in [0.5, 0.6) is 0 Å². The average Bonchev–Trinajstić information content (AvgIpc) is 3.03. The summed E-state index contributed by atoms with van der Waals surface area (Å²) in [6.45, 7) is -2.95. The Balaban J connectivity index is 2.70. The van der Waals surface area contributed by atoms with Gasteiger partial charge in [0.1, 0.15) is 18.1 Å². The van der Waals surface area contributed by atoms with Gasteiger partial charge in [-0.05, 0) is 5.56 Å². The molecule has 1 aromatic carbocycles. The number of amides is 8. The molecular formula is C27H37N9O12. The molecule has 0 aliphatic heterocycles. The smallest absolute Gasteiger partial charge is 0.326 e. The van der Waals surface area contributed by atoms with Crippen LogP contribution >= 0.6 is 0 Å². The molecule has 3 atom stereocenters. The van der Waals surface area contributed by atoms with E-state index in [2.05, 4.69) is 37.2 Å². The van der Waals surface area contributed by atoms with Crippen LogP contribution in [0.4, 0.5) is 0 Å². The standard InChI is InChI=1S/C27H37N9O12/c28-9-19(38)30-10-20(39)31-11-21(40)32-12-22(41)34-15(7-18(29)37)25(45)33-13-23(42)35-16(8-24(43)44)26(46)36-17(27(47)48)6-14-4-2-1-3-5-14/h1-5,15-17H,6-13,28H2,(H2,29,37)(H,30,38)(H,31,39)(H,32,40)(H,33,45)(H,34,41)(H,35,42)(H,36,46)(H,43,44)(H,47,48). The second kappa shape index (κ2) is 20.8. The summed E-state index contributed by atoms with van der Waals surface area (Å²) in [7, 11) is 0. The molecule has 21 nitrogen and oxygen atoms in total. The number of rotatable bonds is 21. The highest BCUT2D eigenvalue weighted by molar-refractivity contribution is 5.97. The van der Waals surface area contributed by atoms with Gasteiger partial charge in [0, 0.05) is 6.42 Å². The van der Waals surface area contributed by atoms with Crippen LogP contribution in [-0.2, 0) is 54.4 Å². The topological polar surface area (TPSA) is 347 Å². The second-order valence-corrected chi connectivity index (χ2v) is 9.85. The Labute approximate surface area is 272 Å². The van der Waals surface area contributed by atoms with E-state index in [0.717, 1.165) is 0 Å². The monoisotopic (exact) mass is 679 g/mol. The summed E-state index contributed by atoms with van der Waals surface area (Å²) in [6.07, 6.45) is -1.82. The highest BCUT2D eigenvalue weighted by Gasteiger charge is 2.29. The number of carboxylic acids is 2. The first-order valence-electron chi connectivity index (χ1n) is 14.0. The summed E-state index contributed by atoms with van der Waals surface area (Å²) in [5, 5.41) is 33.7. The molecule has 3 unspecified atom stereocenters. The number of carboxylic acid groups (broad SMARTS) is 2.